The smallest absolute Gasteiger partial charge is 0.0794 e. The normalized spacial score (nSPS) is 12.5. The summed E-state index contributed by atoms with van der Waals surface area (Å²) < 4.78 is 0. The van der Waals surface area contributed by atoms with Crippen LogP contribution in [0.3, 0.4) is 0 Å². The molecule has 1 atom stereocenters. The Kier molecular flexibility index (Phi) is 5.36. The number of hydrogen-bond acceptors (Lipinski definition) is 3. The first-order valence-corrected chi connectivity index (χ1v) is 7.35. The van der Waals surface area contributed by atoms with Gasteiger partial charge in [-0.15, -0.1) is 11.3 Å². The van der Waals surface area contributed by atoms with Gasteiger partial charge in [-0.3, -0.25) is 4.98 Å². The molecular weight excluding hydrogens is 240 g/mol. The van der Waals surface area contributed by atoms with E-state index < -0.39 is 0 Å². The summed E-state index contributed by atoms with van der Waals surface area (Å²) in [7, 11) is 2.05. The Balaban J connectivity index is 1.74. The van der Waals surface area contributed by atoms with E-state index in [-0.39, 0.29) is 0 Å². The highest BCUT2D eigenvalue weighted by atomic mass is 32.1. The minimum absolute atomic E-state index is 0.564. The third-order valence-corrected chi connectivity index (χ3v) is 4.00. The Bertz CT molecular complexity index is 425. The Morgan fingerprint density at radius 1 is 1.28 bits per heavy atom. The van der Waals surface area contributed by atoms with Crippen molar-refractivity contribution >= 4 is 11.3 Å². The molecule has 0 saturated heterocycles. The Labute approximate surface area is 113 Å². The lowest BCUT2D eigenvalue weighted by Gasteiger charge is -2.14. The van der Waals surface area contributed by atoms with Crippen molar-refractivity contribution < 1.29 is 0 Å². The fraction of sp³-hybridized carbons (Fsp3) is 0.400. The summed E-state index contributed by atoms with van der Waals surface area (Å²) in [4.78, 5) is 5.50. The maximum atomic E-state index is 4.13. The van der Waals surface area contributed by atoms with Crippen molar-refractivity contribution in [1.82, 2.24) is 10.3 Å². The zero-order chi connectivity index (χ0) is 12.6. The van der Waals surface area contributed by atoms with Crippen LogP contribution in [-0.2, 0) is 12.8 Å². The van der Waals surface area contributed by atoms with E-state index in [0.29, 0.717) is 6.04 Å². The molecule has 1 N–H and O–H groups in total. The van der Waals surface area contributed by atoms with Gasteiger partial charge in [-0.25, -0.2) is 0 Å². The molecule has 0 aliphatic rings. The highest BCUT2D eigenvalue weighted by Gasteiger charge is 2.08. The van der Waals surface area contributed by atoms with Crippen molar-refractivity contribution in [3.05, 3.63) is 52.5 Å². The first-order chi connectivity index (χ1) is 8.88. The van der Waals surface area contributed by atoms with Gasteiger partial charge < -0.3 is 5.32 Å². The van der Waals surface area contributed by atoms with E-state index in [2.05, 4.69) is 40.6 Å². The number of benzene rings is 1. The number of aryl methyl sites for hydroxylation is 1. The summed E-state index contributed by atoms with van der Waals surface area (Å²) in [5, 5.41) is 3.41. The SMILES string of the molecule is CNC(CCCc1ccccc1)Cc1cncs1. The van der Waals surface area contributed by atoms with Crippen molar-refractivity contribution in [2.75, 3.05) is 7.05 Å². The summed E-state index contributed by atoms with van der Waals surface area (Å²) >= 11 is 1.75. The van der Waals surface area contributed by atoms with Crippen LogP contribution >= 0.6 is 11.3 Å². The van der Waals surface area contributed by atoms with Gasteiger partial charge in [-0.05, 0) is 38.3 Å². The van der Waals surface area contributed by atoms with Crippen molar-refractivity contribution in [3.63, 3.8) is 0 Å². The van der Waals surface area contributed by atoms with Crippen LogP contribution in [0.15, 0.2) is 42.0 Å². The van der Waals surface area contributed by atoms with Gasteiger partial charge in [0, 0.05) is 17.1 Å². The second kappa shape index (κ2) is 7.29. The molecule has 1 aromatic carbocycles. The Morgan fingerprint density at radius 2 is 2.11 bits per heavy atom. The number of nitrogens with one attached hydrogen (secondary N) is 1. The van der Waals surface area contributed by atoms with Gasteiger partial charge in [-0.1, -0.05) is 30.3 Å². The highest BCUT2D eigenvalue weighted by Crippen LogP contribution is 2.13. The average Bonchev–Trinajstić information content (AvgIpc) is 2.92. The number of thiazole rings is 1. The maximum absolute atomic E-state index is 4.13. The van der Waals surface area contributed by atoms with Crippen molar-refractivity contribution in [2.24, 2.45) is 0 Å². The van der Waals surface area contributed by atoms with Crippen LogP contribution in [0, 0.1) is 0 Å². The minimum Gasteiger partial charge on any atom is -0.317 e. The topological polar surface area (TPSA) is 24.9 Å². The van der Waals surface area contributed by atoms with Crippen LogP contribution in [0.1, 0.15) is 23.3 Å². The first-order valence-electron chi connectivity index (χ1n) is 6.47. The van der Waals surface area contributed by atoms with Gasteiger partial charge in [0.1, 0.15) is 0 Å². The number of nitrogens with zero attached hydrogens (tertiary/aromatic N) is 1. The fourth-order valence-corrected chi connectivity index (χ4v) is 2.81. The number of likely N-dealkylation sites (N-methyl/N-ethyl adjacent to an activating group) is 1. The summed E-state index contributed by atoms with van der Waals surface area (Å²) in [5.74, 6) is 0. The summed E-state index contributed by atoms with van der Waals surface area (Å²) in [5.41, 5.74) is 3.34. The molecule has 3 heteroatoms. The lowest BCUT2D eigenvalue weighted by molar-refractivity contribution is 0.504. The molecule has 0 aliphatic carbocycles. The number of rotatable bonds is 7. The standard InChI is InChI=1S/C15H20N2S/c1-16-14(10-15-11-17-12-18-15)9-5-8-13-6-3-2-4-7-13/h2-4,6-7,11-12,14,16H,5,8-10H2,1H3. The minimum atomic E-state index is 0.564. The van der Waals surface area contributed by atoms with Gasteiger partial charge in [0.05, 0.1) is 5.51 Å². The first kappa shape index (κ1) is 13.2. The maximum Gasteiger partial charge on any atom is 0.0794 e. The molecule has 0 spiro atoms. The number of hydrogen-bond donors (Lipinski definition) is 1. The second-order valence-electron chi connectivity index (χ2n) is 4.54. The molecule has 0 radical (unpaired) electrons. The zero-order valence-corrected chi connectivity index (χ0v) is 11.6. The summed E-state index contributed by atoms with van der Waals surface area (Å²) in [6.07, 6.45) is 6.68. The Morgan fingerprint density at radius 3 is 2.78 bits per heavy atom. The number of aromatic nitrogens is 1. The third-order valence-electron chi connectivity index (χ3n) is 3.20. The molecule has 0 fully saturated rings. The molecule has 1 unspecified atom stereocenters. The van der Waals surface area contributed by atoms with E-state index >= 15 is 0 Å². The predicted molar refractivity (Wildman–Crippen MR) is 78.0 cm³/mol. The van der Waals surface area contributed by atoms with Crippen LogP contribution < -0.4 is 5.32 Å². The van der Waals surface area contributed by atoms with Crippen LogP contribution in [0.4, 0.5) is 0 Å². The summed E-state index contributed by atoms with van der Waals surface area (Å²) in [6.45, 7) is 0. The largest absolute Gasteiger partial charge is 0.317 e. The van der Waals surface area contributed by atoms with Gasteiger partial charge >= 0.3 is 0 Å². The van der Waals surface area contributed by atoms with Gasteiger partial charge in [0.2, 0.25) is 0 Å². The highest BCUT2D eigenvalue weighted by molar-refractivity contribution is 7.09. The lowest BCUT2D eigenvalue weighted by atomic mass is 10.0. The molecule has 0 bridgehead atoms. The molecular formula is C15H20N2S. The van der Waals surface area contributed by atoms with E-state index in [1.165, 1.54) is 29.7 Å². The van der Waals surface area contributed by atoms with Gasteiger partial charge in [0.25, 0.3) is 0 Å². The van der Waals surface area contributed by atoms with Crippen molar-refractivity contribution in [3.8, 4) is 0 Å². The monoisotopic (exact) mass is 260 g/mol. The molecule has 1 heterocycles. The quantitative estimate of drug-likeness (QED) is 0.826. The van der Waals surface area contributed by atoms with Crippen LogP contribution in [-0.4, -0.2) is 18.1 Å². The van der Waals surface area contributed by atoms with E-state index in [0.717, 1.165) is 6.42 Å². The fourth-order valence-electron chi connectivity index (χ4n) is 2.13. The molecule has 1 aromatic heterocycles. The summed E-state index contributed by atoms with van der Waals surface area (Å²) in [6, 6.07) is 11.3. The zero-order valence-electron chi connectivity index (χ0n) is 10.8. The van der Waals surface area contributed by atoms with Gasteiger partial charge in [0.15, 0.2) is 0 Å². The predicted octanol–water partition coefficient (Wildman–Crippen LogP) is 3.30. The van der Waals surface area contributed by atoms with Crippen molar-refractivity contribution in [2.45, 2.75) is 31.7 Å². The Hall–Kier alpha value is -1.19. The van der Waals surface area contributed by atoms with Crippen LogP contribution in [0.5, 0.6) is 0 Å². The lowest BCUT2D eigenvalue weighted by Crippen LogP contribution is -2.27. The molecule has 2 nitrogen and oxygen atoms in total. The third kappa shape index (κ3) is 4.24. The van der Waals surface area contributed by atoms with E-state index in [1.54, 1.807) is 11.3 Å². The van der Waals surface area contributed by atoms with E-state index in [1.807, 2.05) is 18.8 Å². The van der Waals surface area contributed by atoms with Crippen LogP contribution in [0.25, 0.3) is 0 Å². The molecule has 18 heavy (non-hydrogen) atoms. The second-order valence-corrected chi connectivity index (χ2v) is 5.51. The molecule has 96 valence electrons. The van der Waals surface area contributed by atoms with Crippen molar-refractivity contribution in [1.29, 1.82) is 0 Å². The van der Waals surface area contributed by atoms with Crippen LogP contribution in [0.2, 0.25) is 0 Å². The average molecular weight is 260 g/mol. The molecule has 2 aromatic rings. The molecule has 0 aliphatic heterocycles. The molecule has 2 rings (SSSR count). The van der Waals surface area contributed by atoms with E-state index in [9.17, 15) is 0 Å². The van der Waals surface area contributed by atoms with E-state index in [4.69, 9.17) is 0 Å². The molecule has 0 saturated carbocycles. The van der Waals surface area contributed by atoms with Gasteiger partial charge in [-0.2, -0.15) is 0 Å². The molecule has 0 amide bonds.